The zero-order chi connectivity index (χ0) is 13.9. The Hall–Kier alpha value is -2.48. The van der Waals surface area contributed by atoms with Crippen LogP contribution in [0.5, 0.6) is 11.5 Å². The van der Waals surface area contributed by atoms with Crippen LogP contribution in [0.25, 0.3) is 17.7 Å². The quantitative estimate of drug-likeness (QED) is 0.824. The first-order chi connectivity index (χ1) is 9.81. The van der Waals surface area contributed by atoms with Crippen molar-refractivity contribution in [3.8, 4) is 11.5 Å². The summed E-state index contributed by atoms with van der Waals surface area (Å²) in [6.45, 7) is 0. The topological polar surface area (TPSA) is 18.5 Å². The van der Waals surface area contributed by atoms with Gasteiger partial charge in [-0.25, -0.2) is 0 Å². The van der Waals surface area contributed by atoms with Crippen LogP contribution >= 0.6 is 0 Å². The molecular formula is C18H16O2. The number of rotatable bonds is 3. The lowest BCUT2D eigenvalue weighted by Gasteiger charge is -2.08. The van der Waals surface area contributed by atoms with Gasteiger partial charge in [-0.1, -0.05) is 42.5 Å². The van der Waals surface area contributed by atoms with E-state index in [4.69, 9.17) is 9.47 Å². The van der Waals surface area contributed by atoms with Gasteiger partial charge in [0.2, 0.25) is 0 Å². The molecule has 2 aromatic rings. The minimum atomic E-state index is 0.747. The second-order valence-electron chi connectivity index (χ2n) is 4.63. The summed E-state index contributed by atoms with van der Waals surface area (Å²) in [7, 11) is 3.30. The second kappa shape index (κ2) is 5.25. The summed E-state index contributed by atoms with van der Waals surface area (Å²) >= 11 is 0. The van der Waals surface area contributed by atoms with Crippen LogP contribution in [0.3, 0.4) is 0 Å². The van der Waals surface area contributed by atoms with Crippen molar-refractivity contribution in [3.05, 3.63) is 65.2 Å². The summed E-state index contributed by atoms with van der Waals surface area (Å²) in [5, 5.41) is 0. The molecule has 0 saturated heterocycles. The molecule has 0 saturated carbocycles. The van der Waals surface area contributed by atoms with Gasteiger partial charge in [-0.3, -0.25) is 0 Å². The first-order valence-electron chi connectivity index (χ1n) is 6.53. The maximum Gasteiger partial charge on any atom is 0.161 e. The van der Waals surface area contributed by atoms with Crippen molar-refractivity contribution >= 4 is 17.7 Å². The summed E-state index contributed by atoms with van der Waals surface area (Å²) in [5.74, 6) is 1.49. The zero-order valence-corrected chi connectivity index (χ0v) is 11.6. The molecule has 0 aromatic heterocycles. The van der Waals surface area contributed by atoms with E-state index in [1.54, 1.807) is 14.2 Å². The fraction of sp³-hybridized carbons (Fsp3) is 0.111. The fourth-order valence-electron chi connectivity index (χ4n) is 2.42. The minimum absolute atomic E-state index is 0.747. The molecule has 0 bridgehead atoms. The Morgan fingerprint density at radius 2 is 1.65 bits per heavy atom. The van der Waals surface area contributed by atoms with Gasteiger partial charge >= 0.3 is 0 Å². The molecule has 0 unspecified atom stereocenters. The molecule has 0 spiro atoms. The fourth-order valence-corrected chi connectivity index (χ4v) is 2.42. The summed E-state index contributed by atoms with van der Waals surface area (Å²) < 4.78 is 10.6. The molecule has 3 rings (SSSR count). The van der Waals surface area contributed by atoms with Crippen LogP contribution < -0.4 is 9.47 Å². The van der Waals surface area contributed by atoms with Gasteiger partial charge in [-0.2, -0.15) is 0 Å². The van der Waals surface area contributed by atoms with Crippen LogP contribution in [0.2, 0.25) is 0 Å². The lowest BCUT2D eigenvalue weighted by molar-refractivity contribution is 0.355. The predicted octanol–water partition coefficient (Wildman–Crippen LogP) is 4.27. The first kappa shape index (κ1) is 12.5. The molecule has 1 aliphatic carbocycles. The Balaban J connectivity index is 2.00. The van der Waals surface area contributed by atoms with Gasteiger partial charge in [-0.05, 0) is 40.5 Å². The summed E-state index contributed by atoms with van der Waals surface area (Å²) in [6, 6.07) is 14.3. The summed E-state index contributed by atoms with van der Waals surface area (Å²) in [5.41, 5.74) is 4.84. The lowest BCUT2D eigenvalue weighted by Crippen LogP contribution is -1.90. The molecule has 0 heterocycles. The van der Waals surface area contributed by atoms with Crippen molar-refractivity contribution in [2.75, 3.05) is 14.2 Å². The average Bonchev–Trinajstić information content (AvgIpc) is 2.90. The molecule has 0 aliphatic heterocycles. The van der Waals surface area contributed by atoms with Crippen LogP contribution in [-0.4, -0.2) is 14.2 Å². The molecule has 0 radical (unpaired) electrons. The largest absolute Gasteiger partial charge is 0.493 e. The van der Waals surface area contributed by atoms with Gasteiger partial charge in [0.15, 0.2) is 11.5 Å². The van der Waals surface area contributed by atoms with E-state index in [1.165, 1.54) is 16.7 Å². The first-order valence-corrected chi connectivity index (χ1v) is 6.53. The smallest absolute Gasteiger partial charge is 0.161 e. The van der Waals surface area contributed by atoms with Gasteiger partial charge in [-0.15, -0.1) is 0 Å². The van der Waals surface area contributed by atoms with Crippen molar-refractivity contribution in [1.82, 2.24) is 0 Å². The molecule has 0 N–H and O–H groups in total. The SMILES string of the molecule is COc1ccc(/C=C2/C=Cc3ccccc32)cc1OC. The van der Waals surface area contributed by atoms with Gasteiger partial charge in [0.05, 0.1) is 14.2 Å². The van der Waals surface area contributed by atoms with E-state index in [1.807, 2.05) is 18.2 Å². The van der Waals surface area contributed by atoms with E-state index in [0.29, 0.717) is 0 Å². The van der Waals surface area contributed by atoms with E-state index >= 15 is 0 Å². The molecule has 20 heavy (non-hydrogen) atoms. The molecule has 0 atom stereocenters. The Bertz CT molecular complexity index is 696. The Morgan fingerprint density at radius 3 is 2.45 bits per heavy atom. The van der Waals surface area contributed by atoms with Crippen LogP contribution in [0.4, 0.5) is 0 Å². The average molecular weight is 264 g/mol. The minimum Gasteiger partial charge on any atom is -0.493 e. The summed E-state index contributed by atoms with van der Waals surface area (Å²) in [4.78, 5) is 0. The second-order valence-corrected chi connectivity index (χ2v) is 4.63. The Labute approximate surface area is 119 Å². The van der Waals surface area contributed by atoms with Gasteiger partial charge < -0.3 is 9.47 Å². The number of ether oxygens (including phenoxy) is 2. The van der Waals surface area contributed by atoms with Gasteiger partial charge in [0.25, 0.3) is 0 Å². The van der Waals surface area contributed by atoms with E-state index in [2.05, 4.69) is 42.5 Å². The van der Waals surface area contributed by atoms with Crippen molar-refractivity contribution < 1.29 is 9.47 Å². The highest BCUT2D eigenvalue weighted by molar-refractivity contribution is 5.97. The normalized spacial score (nSPS) is 14.4. The molecule has 2 heteroatoms. The third-order valence-corrected chi connectivity index (χ3v) is 3.44. The zero-order valence-electron chi connectivity index (χ0n) is 11.6. The van der Waals surface area contributed by atoms with E-state index < -0.39 is 0 Å². The number of methoxy groups -OCH3 is 2. The Kier molecular flexibility index (Phi) is 3.30. The van der Waals surface area contributed by atoms with Crippen molar-refractivity contribution in [2.45, 2.75) is 0 Å². The van der Waals surface area contributed by atoms with E-state index in [9.17, 15) is 0 Å². The number of benzene rings is 2. The summed E-state index contributed by atoms with van der Waals surface area (Å²) in [6.07, 6.45) is 6.44. The number of allylic oxidation sites excluding steroid dienone is 2. The van der Waals surface area contributed by atoms with Gasteiger partial charge in [0, 0.05) is 0 Å². The highest BCUT2D eigenvalue weighted by Crippen LogP contribution is 2.33. The highest BCUT2D eigenvalue weighted by Gasteiger charge is 2.10. The van der Waals surface area contributed by atoms with Crippen LogP contribution in [0, 0.1) is 0 Å². The maximum absolute atomic E-state index is 5.34. The molecule has 0 amide bonds. The van der Waals surface area contributed by atoms with Gasteiger partial charge in [0.1, 0.15) is 0 Å². The molecule has 2 aromatic carbocycles. The highest BCUT2D eigenvalue weighted by atomic mass is 16.5. The standard InChI is InChI=1S/C18H16O2/c1-19-17-10-7-13(12-18(17)20-2)11-15-9-8-14-5-3-4-6-16(14)15/h3-12H,1-2H3/b15-11-. The third kappa shape index (κ3) is 2.21. The predicted molar refractivity (Wildman–Crippen MR) is 82.9 cm³/mol. The molecule has 100 valence electrons. The van der Waals surface area contributed by atoms with Crippen LogP contribution in [0.1, 0.15) is 16.7 Å². The van der Waals surface area contributed by atoms with Crippen LogP contribution in [-0.2, 0) is 0 Å². The number of hydrogen-bond acceptors (Lipinski definition) is 2. The number of fused-ring (bicyclic) bond motifs is 1. The Morgan fingerprint density at radius 1 is 0.850 bits per heavy atom. The van der Waals surface area contributed by atoms with Crippen molar-refractivity contribution in [3.63, 3.8) is 0 Å². The molecule has 0 fully saturated rings. The number of hydrogen-bond donors (Lipinski definition) is 0. The van der Waals surface area contributed by atoms with E-state index in [-0.39, 0.29) is 0 Å². The monoisotopic (exact) mass is 264 g/mol. The maximum atomic E-state index is 5.34. The lowest BCUT2D eigenvalue weighted by atomic mass is 10.0. The van der Waals surface area contributed by atoms with E-state index in [0.717, 1.165) is 17.1 Å². The van der Waals surface area contributed by atoms with Crippen LogP contribution in [0.15, 0.2) is 48.5 Å². The third-order valence-electron chi connectivity index (χ3n) is 3.44. The molecule has 1 aliphatic rings. The van der Waals surface area contributed by atoms with Crippen molar-refractivity contribution in [1.29, 1.82) is 0 Å². The van der Waals surface area contributed by atoms with Crippen molar-refractivity contribution in [2.24, 2.45) is 0 Å². The molecule has 2 nitrogen and oxygen atoms in total. The molecular weight excluding hydrogens is 248 g/mol.